The van der Waals surface area contributed by atoms with Crippen LogP contribution in [0.5, 0.6) is 0 Å². The Bertz CT molecular complexity index is 530. The normalized spacial score (nSPS) is 19.3. The highest BCUT2D eigenvalue weighted by atomic mass is 19.1. The number of carbonyl (C=O) groups is 2. The Hall–Kier alpha value is -1.91. The third-order valence-electron chi connectivity index (χ3n) is 4.17. The van der Waals surface area contributed by atoms with Crippen molar-refractivity contribution in [3.05, 3.63) is 35.6 Å². The first-order chi connectivity index (χ1) is 10.5. The van der Waals surface area contributed by atoms with Crippen LogP contribution in [-0.2, 0) is 16.0 Å². The van der Waals surface area contributed by atoms with E-state index in [0.717, 1.165) is 12.0 Å². The molecule has 2 unspecified atom stereocenters. The number of amides is 2. The fraction of sp³-hybridized carbons (Fsp3) is 0.529. The summed E-state index contributed by atoms with van der Waals surface area (Å²) in [6.07, 6.45) is 1.83. The molecule has 2 amide bonds. The molecular weight excluding hydrogens is 283 g/mol. The van der Waals surface area contributed by atoms with Crippen molar-refractivity contribution in [2.45, 2.75) is 39.2 Å². The van der Waals surface area contributed by atoms with E-state index < -0.39 is 0 Å². The van der Waals surface area contributed by atoms with Crippen molar-refractivity contribution in [2.75, 3.05) is 13.1 Å². The van der Waals surface area contributed by atoms with Crippen LogP contribution in [0.15, 0.2) is 24.3 Å². The average molecular weight is 306 g/mol. The van der Waals surface area contributed by atoms with Gasteiger partial charge in [-0.2, -0.15) is 0 Å². The van der Waals surface area contributed by atoms with Gasteiger partial charge in [0, 0.05) is 25.6 Å². The zero-order chi connectivity index (χ0) is 16.1. The summed E-state index contributed by atoms with van der Waals surface area (Å²) in [7, 11) is 0. The Balaban J connectivity index is 1.84. The third-order valence-corrected chi connectivity index (χ3v) is 4.17. The number of hydrogen-bond donors (Lipinski definition) is 1. The number of nitrogens with one attached hydrogen (secondary N) is 1. The van der Waals surface area contributed by atoms with Crippen LogP contribution in [0.4, 0.5) is 4.39 Å². The summed E-state index contributed by atoms with van der Waals surface area (Å²) in [4.78, 5) is 25.8. The minimum absolute atomic E-state index is 0.0198. The van der Waals surface area contributed by atoms with Crippen molar-refractivity contribution < 1.29 is 14.0 Å². The maximum atomic E-state index is 12.9. The SMILES string of the molecule is CCC(C)NC(=O)C1CC(=O)N(CCc2ccc(F)cc2)C1. The second-order valence-electron chi connectivity index (χ2n) is 5.94. The van der Waals surface area contributed by atoms with E-state index in [1.54, 1.807) is 17.0 Å². The van der Waals surface area contributed by atoms with Crippen LogP contribution in [0.1, 0.15) is 32.3 Å². The summed E-state index contributed by atoms with van der Waals surface area (Å²) in [5.74, 6) is -0.532. The molecule has 1 heterocycles. The molecular formula is C17H23FN2O2. The van der Waals surface area contributed by atoms with Crippen LogP contribution in [0.2, 0.25) is 0 Å². The molecule has 0 radical (unpaired) electrons. The summed E-state index contributed by atoms with van der Waals surface area (Å²) in [6.45, 7) is 5.01. The molecule has 1 aromatic carbocycles. The predicted molar refractivity (Wildman–Crippen MR) is 82.7 cm³/mol. The molecule has 1 aliphatic rings. The molecule has 5 heteroatoms. The van der Waals surface area contributed by atoms with Crippen molar-refractivity contribution in [1.82, 2.24) is 10.2 Å². The van der Waals surface area contributed by atoms with Crippen LogP contribution >= 0.6 is 0 Å². The average Bonchev–Trinajstić information content (AvgIpc) is 2.88. The lowest BCUT2D eigenvalue weighted by Gasteiger charge is -2.18. The quantitative estimate of drug-likeness (QED) is 0.875. The first kappa shape index (κ1) is 16.5. The van der Waals surface area contributed by atoms with Gasteiger partial charge in [0.2, 0.25) is 11.8 Å². The van der Waals surface area contributed by atoms with Crippen LogP contribution in [-0.4, -0.2) is 35.8 Å². The Morgan fingerprint density at radius 3 is 2.73 bits per heavy atom. The van der Waals surface area contributed by atoms with E-state index in [2.05, 4.69) is 5.32 Å². The van der Waals surface area contributed by atoms with Gasteiger partial charge in [0.05, 0.1) is 5.92 Å². The van der Waals surface area contributed by atoms with Crippen molar-refractivity contribution >= 4 is 11.8 Å². The Morgan fingerprint density at radius 2 is 2.09 bits per heavy atom. The smallest absolute Gasteiger partial charge is 0.225 e. The second-order valence-corrected chi connectivity index (χ2v) is 5.94. The molecule has 0 spiro atoms. The molecule has 1 aromatic rings. The predicted octanol–water partition coefficient (Wildman–Crippen LogP) is 2.13. The standard InChI is InChI=1S/C17H23FN2O2/c1-3-12(2)19-17(22)14-10-16(21)20(11-14)9-8-13-4-6-15(18)7-5-13/h4-7,12,14H,3,8-11H2,1-2H3,(H,19,22). The van der Waals surface area contributed by atoms with Crippen molar-refractivity contribution in [1.29, 1.82) is 0 Å². The molecule has 0 aromatic heterocycles. The maximum Gasteiger partial charge on any atom is 0.225 e. The lowest BCUT2D eigenvalue weighted by molar-refractivity contribution is -0.129. The zero-order valence-electron chi connectivity index (χ0n) is 13.1. The van der Waals surface area contributed by atoms with E-state index in [1.165, 1.54) is 12.1 Å². The number of likely N-dealkylation sites (tertiary alicyclic amines) is 1. The van der Waals surface area contributed by atoms with Gasteiger partial charge >= 0.3 is 0 Å². The van der Waals surface area contributed by atoms with E-state index in [9.17, 15) is 14.0 Å². The summed E-state index contributed by atoms with van der Waals surface area (Å²) in [5.41, 5.74) is 0.988. The molecule has 0 aliphatic carbocycles. The molecule has 2 rings (SSSR count). The van der Waals surface area contributed by atoms with E-state index >= 15 is 0 Å². The van der Waals surface area contributed by atoms with Crippen LogP contribution < -0.4 is 5.32 Å². The van der Waals surface area contributed by atoms with Crippen LogP contribution in [0.3, 0.4) is 0 Å². The highest BCUT2D eigenvalue weighted by Crippen LogP contribution is 2.19. The van der Waals surface area contributed by atoms with Gasteiger partial charge in [-0.05, 0) is 37.5 Å². The van der Waals surface area contributed by atoms with Crippen molar-refractivity contribution in [3.63, 3.8) is 0 Å². The van der Waals surface area contributed by atoms with Gasteiger partial charge in [0.15, 0.2) is 0 Å². The number of rotatable bonds is 6. The molecule has 4 nitrogen and oxygen atoms in total. The summed E-state index contributed by atoms with van der Waals surface area (Å²) < 4.78 is 12.9. The Kier molecular flexibility index (Phi) is 5.52. The largest absolute Gasteiger partial charge is 0.353 e. The van der Waals surface area contributed by atoms with Crippen LogP contribution in [0, 0.1) is 11.7 Å². The molecule has 1 N–H and O–H groups in total. The highest BCUT2D eigenvalue weighted by Gasteiger charge is 2.34. The molecule has 22 heavy (non-hydrogen) atoms. The summed E-state index contributed by atoms with van der Waals surface area (Å²) in [6, 6.07) is 6.43. The van der Waals surface area contributed by atoms with Gasteiger partial charge in [0.1, 0.15) is 5.82 Å². The number of nitrogens with zero attached hydrogens (tertiary/aromatic N) is 1. The molecule has 1 fully saturated rings. The Labute approximate surface area is 130 Å². The van der Waals surface area contributed by atoms with Crippen molar-refractivity contribution in [3.8, 4) is 0 Å². The number of hydrogen-bond acceptors (Lipinski definition) is 2. The van der Waals surface area contributed by atoms with Gasteiger partial charge < -0.3 is 10.2 Å². The minimum Gasteiger partial charge on any atom is -0.353 e. The first-order valence-electron chi connectivity index (χ1n) is 7.82. The number of carbonyl (C=O) groups excluding carboxylic acids is 2. The molecule has 120 valence electrons. The summed E-state index contributed by atoms with van der Waals surface area (Å²) in [5, 5.41) is 2.93. The maximum absolute atomic E-state index is 12.9. The third kappa shape index (κ3) is 4.29. The highest BCUT2D eigenvalue weighted by molar-refractivity contribution is 5.89. The monoisotopic (exact) mass is 306 g/mol. The minimum atomic E-state index is -0.261. The molecule has 0 saturated carbocycles. The van der Waals surface area contributed by atoms with Gasteiger partial charge in [-0.3, -0.25) is 9.59 Å². The fourth-order valence-corrected chi connectivity index (χ4v) is 2.54. The van der Waals surface area contributed by atoms with Crippen LogP contribution in [0.25, 0.3) is 0 Å². The second kappa shape index (κ2) is 7.38. The molecule has 1 aliphatic heterocycles. The van der Waals surface area contributed by atoms with E-state index in [0.29, 0.717) is 19.5 Å². The lowest BCUT2D eigenvalue weighted by Crippen LogP contribution is -2.38. The first-order valence-corrected chi connectivity index (χ1v) is 7.82. The zero-order valence-corrected chi connectivity index (χ0v) is 13.1. The molecule has 2 atom stereocenters. The van der Waals surface area contributed by atoms with E-state index in [1.807, 2.05) is 13.8 Å². The number of halogens is 1. The van der Waals surface area contributed by atoms with E-state index in [4.69, 9.17) is 0 Å². The topological polar surface area (TPSA) is 49.4 Å². The summed E-state index contributed by atoms with van der Waals surface area (Å²) >= 11 is 0. The van der Waals surface area contributed by atoms with Gasteiger partial charge in [0.25, 0.3) is 0 Å². The Morgan fingerprint density at radius 1 is 1.41 bits per heavy atom. The van der Waals surface area contributed by atoms with Crippen molar-refractivity contribution in [2.24, 2.45) is 5.92 Å². The van der Waals surface area contributed by atoms with E-state index in [-0.39, 0.29) is 36.0 Å². The number of benzene rings is 1. The molecule has 1 saturated heterocycles. The van der Waals surface area contributed by atoms with Gasteiger partial charge in [-0.15, -0.1) is 0 Å². The fourth-order valence-electron chi connectivity index (χ4n) is 2.54. The van der Waals surface area contributed by atoms with Gasteiger partial charge in [-0.25, -0.2) is 4.39 Å². The molecule has 0 bridgehead atoms. The van der Waals surface area contributed by atoms with Gasteiger partial charge in [-0.1, -0.05) is 19.1 Å². The lowest BCUT2D eigenvalue weighted by atomic mass is 10.1.